The smallest absolute Gasteiger partial charge is 0.410 e. The maximum atomic E-state index is 8.21. The lowest BCUT2D eigenvalue weighted by atomic mass is 9.77. The molecule has 0 saturated heterocycles. The molecule has 4 aliphatic rings. The molecule has 1 spiro atoms. The Hall–Kier alpha value is -6.13. The molecular weight excluding hydrogens is 815 g/mol. The van der Waals surface area contributed by atoms with Crippen LogP contribution in [-0.4, -0.2) is 0 Å². The van der Waals surface area contributed by atoms with Crippen LogP contribution in [0.3, 0.4) is 0 Å². The van der Waals surface area contributed by atoms with E-state index < -0.39 is 5.85 Å². The lowest BCUT2D eigenvalue weighted by molar-refractivity contribution is -0.774. The van der Waals surface area contributed by atoms with Crippen LogP contribution in [0, 0.1) is 5.92 Å². The van der Waals surface area contributed by atoms with Gasteiger partial charge in [-0.15, -0.1) is 4.57 Å². The van der Waals surface area contributed by atoms with Crippen LogP contribution in [0.5, 0.6) is 5.75 Å². The highest BCUT2D eigenvalue weighted by atomic mass is 16.5. The van der Waals surface area contributed by atoms with Gasteiger partial charge in [0.1, 0.15) is 17.5 Å². The van der Waals surface area contributed by atoms with Crippen molar-refractivity contribution in [1.82, 2.24) is 0 Å². The molecule has 67 heavy (non-hydrogen) atoms. The number of hydrogen-bond acceptors (Lipinski definition) is 3. The Bertz CT molecular complexity index is 3150. The fourth-order valence-corrected chi connectivity index (χ4v) is 11.4. The van der Waals surface area contributed by atoms with Gasteiger partial charge in [-0.3, -0.25) is 0 Å². The third-order valence-electron chi connectivity index (χ3n) is 15.0. The van der Waals surface area contributed by atoms with Crippen LogP contribution in [0.4, 0.5) is 17.1 Å². The van der Waals surface area contributed by atoms with Gasteiger partial charge in [0.2, 0.25) is 5.69 Å². The van der Waals surface area contributed by atoms with Gasteiger partial charge in [0.05, 0.1) is 22.6 Å². The quantitative estimate of drug-likeness (QED) is 0.161. The minimum atomic E-state index is -1.03. The van der Waals surface area contributed by atoms with E-state index in [0.29, 0.717) is 5.92 Å². The van der Waals surface area contributed by atoms with Crippen molar-refractivity contribution >= 4 is 17.1 Å². The summed E-state index contributed by atoms with van der Waals surface area (Å²) < 4.78 is 10.7. The van der Waals surface area contributed by atoms with Crippen LogP contribution in [0.15, 0.2) is 134 Å². The van der Waals surface area contributed by atoms with Gasteiger partial charge in [-0.25, -0.2) is 4.90 Å². The molecule has 5 heterocycles. The fraction of sp³-hybridized carbons (Fsp3) is 0.349. The zero-order valence-corrected chi connectivity index (χ0v) is 42.3. The molecule has 2 unspecified atom stereocenters. The Morgan fingerprint density at radius 1 is 0.552 bits per heavy atom. The van der Waals surface area contributed by atoms with Crippen LogP contribution in [0.1, 0.15) is 142 Å². The molecule has 6 aromatic carbocycles. The number of hydrogen-bond donors (Lipinski definition) is 0. The first-order valence-corrected chi connectivity index (χ1v) is 24.7. The summed E-state index contributed by atoms with van der Waals surface area (Å²) in [5, 5.41) is 0. The molecule has 0 N–H and O–H groups in total. The lowest BCUT2D eigenvalue weighted by Crippen LogP contribution is -2.71. The van der Waals surface area contributed by atoms with Gasteiger partial charge in [-0.1, -0.05) is 176 Å². The summed E-state index contributed by atoms with van der Waals surface area (Å²) in [5.41, 5.74) is 22.1. The van der Waals surface area contributed by atoms with Crippen molar-refractivity contribution < 1.29 is 9.30 Å². The molecule has 7 aromatic rings. The normalized spacial score (nSPS) is 17.9. The molecule has 0 saturated carbocycles. The monoisotopic (exact) mass is 883 g/mol. The van der Waals surface area contributed by atoms with Gasteiger partial charge >= 0.3 is 5.85 Å². The predicted octanol–water partition coefficient (Wildman–Crippen LogP) is 16.1. The van der Waals surface area contributed by atoms with Crippen molar-refractivity contribution in [3.05, 3.63) is 173 Å². The zero-order valence-electron chi connectivity index (χ0n) is 42.3. The van der Waals surface area contributed by atoms with E-state index in [2.05, 4.69) is 245 Å². The van der Waals surface area contributed by atoms with Crippen molar-refractivity contribution in [1.29, 1.82) is 0 Å². The van der Waals surface area contributed by atoms with Gasteiger partial charge in [0.15, 0.2) is 6.20 Å². The number of para-hydroxylation sites is 1. The number of anilines is 3. The van der Waals surface area contributed by atoms with Gasteiger partial charge in [0.25, 0.3) is 0 Å². The summed E-state index contributed by atoms with van der Waals surface area (Å²) >= 11 is 0. The molecule has 0 amide bonds. The van der Waals surface area contributed by atoms with Crippen LogP contribution in [-0.2, 0) is 33.9 Å². The lowest BCUT2D eigenvalue weighted by Gasteiger charge is -2.49. The maximum absolute atomic E-state index is 8.21. The second-order valence-corrected chi connectivity index (χ2v) is 24.4. The summed E-state index contributed by atoms with van der Waals surface area (Å²) in [6, 6.07) is 49.2. The summed E-state index contributed by atoms with van der Waals surface area (Å²) in [4.78, 5) is 5.37. The second kappa shape index (κ2) is 14.4. The average molecular weight is 883 g/mol. The Morgan fingerprint density at radius 2 is 1.22 bits per heavy atom. The highest BCUT2D eigenvalue weighted by Gasteiger charge is 2.70. The highest BCUT2D eigenvalue weighted by molar-refractivity contribution is 6.03. The first kappa shape index (κ1) is 43.4. The molecule has 0 radical (unpaired) electrons. The van der Waals surface area contributed by atoms with E-state index in [-0.39, 0.29) is 27.8 Å². The van der Waals surface area contributed by atoms with Crippen LogP contribution < -0.4 is 19.1 Å². The van der Waals surface area contributed by atoms with Crippen LogP contribution >= 0.6 is 0 Å². The van der Waals surface area contributed by atoms with Crippen LogP contribution in [0.25, 0.3) is 44.6 Å². The van der Waals surface area contributed by atoms with E-state index in [4.69, 9.17) is 4.74 Å². The summed E-state index contributed by atoms with van der Waals surface area (Å²) in [6.45, 7) is 32.6. The van der Waals surface area contributed by atoms with Crippen molar-refractivity contribution in [2.24, 2.45) is 5.92 Å². The molecule has 4 heteroatoms. The number of pyridine rings is 1. The second-order valence-electron chi connectivity index (χ2n) is 24.4. The molecule has 0 fully saturated rings. The topological polar surface area (TPSA) is 19.6 Å². The Morgan fingerprint density at radius 3 is 1.88 bits per heavy atom. The first-order chi connectivity index (χ1) is 31.6. The fourth-order valence-electron chi connectivity index (χ4n) is 11.4. The van der Waals surface area contributed by atoms with Crippen molar-refractivity contribution in [2.45, 2.75) is 137 Å². The number of nitrogens with zero attached hydrogens (tertiary/aromatic N) is 3. The SMILES string of the molecule is CC(C)Cc1ccc(N2c3cccc4c3N3C2c2cc(C(C)(C)C)cc(C(C)(C)C)c2OC32c3c-4cc(C(C)(C)C)cc3-c3cc(-c4ccc(C(C)(C)C)cc4)cc[n+]32)c(-c2ccccc2)c1. The van der Waals surface area contributed by atoms with Crippen molar-refractivity contribution in [2.75, 3.05) is 9.80 Å². The highest BCUT2D eigenvalue weighted by Crippen LogP contribution is 2.68. The van der Waals surface area contributed by atoms with E-state index >= 15 is 0 Å². The minimum absolute atomic E-state index is 0.0762. The first-order valence-electron chi connectivity index (χ1n) is 24.7. The van der Waals surface area contributed by atoms with Crippen molar-refractivity contribution in [3.8, 4) is 50.4 Å². The predicted molar refractivity (Wildman–Crippen MR) is 280 cm³/mol. The number of benzene rings is 6. The van der Waals surface area contributed by atoms with E-state index in [1.165, 1.54) is 101 Å². The Labute approximate surface area is 400 Å². The van der Waals surface area contributed by atoms with E-state index in [1.54, 1.807) is 0 Å². The third kappa shape index (κ3) is 6.56. The molecule has 0 aliphatic carbocycles. The maximum Gasteiger partial charge on any atom is 0.432 e. The van der Waals surface area contributed by atoms with E-state index in [1.807, 2.05) is 0 Å². The zero-order chi connectivity index (χ0) is 47.3. The van der Waals surface area contributed by atoms with Gasteiger partial charge in [-0.2, -0.15) is 0 Å². The van der Waals surface area contributed by atoms with Crippen molar-refractivity contribution in [3.63, 3.8) is 0 Å². The number of rotatable bonds is 5. The molecule has 340 valence electrons. The Kier molecular flexibility index (Phi) is 9.36. The standard InChI is InChI=1S/C63H68N3O/c1-38(2)31-39-23-28-52(47(32-39)41-19-16-15-17-20-41)65-53-22-18-21-46-48-34-44(60(6,7)8)35-49-54-33-42(40-24-26-43(27-25-40)59(3,4)5)29-30-64(54)63(55(48)49)66(56(46)53)58(65)50-36-45(61(9,10)11)37-51(57(50)67-63)62(12,13)14/h15-30,32-38,58H,31H2,1-14H3/q+1. The number of aromatic nitrogens is 1. The van der Waals surface area contributed by atoms with E-state index in [0.717, 1.165) is 12.2 Å². The molecular formula is C63H68N3O+. The van der Waals surface area contributed by atoms with E-state index in [9.17, 15) is 0 Å². The molecule has 4 aliphatic heterocycles. The molecule has 4 nitrogen and oxygen atoms in total. The van der Waals surface area contributed by atoms with Crippen LogP contribution in [0.2, 0.25) is 0 Å². The summed E-state index contributed by atoms with van der Waals surface area (Å²) in [7, 11) is 0. The molecule has 0 bridgehead atoms. The molecule has 1 aromatic heterocycles. The summed E-state index contributed by atoms with van der Waals surface area (Å²) in [6.07, 6.45) is 3.11. The minimum Gasteiger partial charge on any atom is -0.410 e. The Balaban J connectivity index is 1.27. The molecule has 2 atom stereocenters. The molecule has 11 rings (SSSR count). The average Bonchev–Trinajstić information content (AvgIpc) is 3.76. The third-order valence-corrected chi connectivity index (χ3v) is 15.0. The summed E-state index contributed by atoms with van der Waals surface area (Å²) in [5.74, 6) is 0.491. The van der Waals surface area contributed by atoms with Gasteiger partial charge in [0, 0.05) is 39.9 Å². The van der Waals surface area contributed by atoms with Gasteiger partial charge in [-0.05, 0) is 109 Å². The number of ether oxygens (including phenoxy) is 1. The van der Waals surface area contributed by atoms with Gasteiger partial charge < -0.3 is 9.64 Å². The number of fused-ring (bicyclic) bond motifs is 5. The largest absolute Gasteiger partial charge is 0.432 e.